The van der Waals surface area contributed by atoms with E-state index in [0.717, 1.165) is 12.0 Å². The second-order valence-electron chi connectivity index (χ2n) is 6.11. The topological polar surface area (TPSA) is 69.4 Å². The molecule has 0 saturated carbocycles. The van der Waals surface area contributed by atoms with Crippen LogP contribution in [0.1, 0.15) is 33.3 Å². The van der Waals surface area contributed by atoms with Gasteiger partial charge in [0.15, 0.2) is 9.84 Å². The van der Waals surface area contributed by atoms with Crippen molar-refractivity contribution in [3.63, 3.8) is 0 Å². The monoisotopic (exact) mass is 299 g/mol. The van der Waals surface area contributed by atoms with Crippen LogP contribution >= 0.6 is 0 Å². The highest BCUT2D eigenvalue weighted by Gasteiger charge is 2.28. The number of ether oxygens (including phenoxy) is 1. The smallest absolute Gasteiger partial charge is 0.158 e. The Hall–Kier alpha value is -1.07. The van der Waals surface area contributed by atoms with Gasteiger partial charge in [-0.1, -0.05) is 12.1 Å². The summed E-state index contributed by atoms with van der Waals surface area (Å²) in [4.78, 5) is 0. The lowest BCUT2D eigenvalue weighted by Gasteiger charge is -2.19. The number of sulfone groups is 1. The van der Waals surface area contributed by atoms with Gasteiger partial charge in [0, 0.05) is 6.04 Å². The van der Waals surface area contributed by atoms with E-state index in [1.54, 1.807) is 20.8 Å². The van der Waals surface area contributed by atoms with Crippen LogP contribution in [0, 0.1) is 0 Å². The van der Waals surface area contributed by atoms with Gasteiger partial charge >= 0.3 is 0 Å². The molecule has 1 atom stereocenters. The van der Waals surface area contributed by atoms with Crippen LogP contribution in [0.4, 0.5) is 0 Å². The Morgan fingerprint density at radius 2 is 1.95 bits per heavy atom. The minimum atomic E-state index is -3.14. The van der Waals surface area contributed by atoms with Crippen LogP contribution in [-0.2, 0) is 16.3 Å². The van der Waals surface area contributed by atoms with E-state index in [2.05, 4.69) is 0 Å². The zero-order valence-corrected chi connectivity index (χ0v) is 13.5. The Morgan fingerprint density at radius 1 is 1.30 bits per heavy atom. The quantitative estimate of drug-likeness (QED) is 0.874. The standard InChI is InChI=1S/C15H25NO3S/c1-12(16)10-13-6-5-7-14(11-13)19-8-9-20(17,18)15(2,3)4/h5-7,11-12H,8-10,16H2,1-4H3. The molecule has 5 heteroatoms. The Labute approximate surface area is 122 Å². The van der Waals surface area contributed by atoms with Crippen LogP contribution in [0.3, 0.4) is 0 Å². The van der Waals surface area contributed by atoms with Gasteiger partial charge in [-0.05, 0) is 51.8 Å². The number of hydrogen-bond donors (Lipinski definition) is 1. The van der Waals surface area contributed by atoms with Crippen LogP contribution in [0.25, 0.3) is 0 Å². The van der Waals surface area contributed by atoms with Crippen LogP contribution in [0.15, 0.2) is 24.3 Å². The van der Waals surface area contributed by atoms with Crippen molar-refractivity contribution in [2.24, 2.45) is 5.73 Å². The van der Waals surface area contributed by atoms with Gasteiger partial charge in [-0.3, -0.25) is 0 Å². The van der Waals surface area contributed by atoms with Gasteiger partial charge in [-0.15, -0.1) is 0 Å². The highest BCUT2D eigenvalue weighted by molar-refractivity contribution is 7.92. The van der Waals surface area contributed by atoms with Crippen LogP contribution in [0.2, 0.25) is 0 Å². The fraction of sp³-hybridized carbons (Fsp3) is 0.600. The first-order chi connectivity index (χ1) is 9.12. The molecule has 0 aliphatic heterocycles. The van der Waals surface area contributed by atoms with Crippen molar-refractivity contribution in [3.8, 4) is 5.75 Å². The zero-order valence-electron chi connectivity index (χ0n) is 12.7. The molecule has 0 saturated heterocycles. The molecule has 20 heavy (non-hydrogen) atoms. The fourth-order valence-electron chi connectivity index (χ4n) is 1.71. The molecule has 0 fully saturated rings. The average Bonchev–Trinajstić information content (AvgIpc) is 2.26. The van der Waals surface area contributed by atoms with E-state index in [4.69, 9.17) is 10.5 Å². The molecule has 1 aromatic carbocycles. The van der Waals surface area contributed by atoms with E-state index < -0.39 is 14.6 Å². The highest BCUT2D eigenvalue weighted by atomic mass is 32.2. The summed E-state index contributed by atoms with van der Waals surface area (Å²) in [6, 6.07) is 7.71. The molecule has 2 N–H and O–H groups in total. The molecule has 1 rings (SSSR count). The van der Waals surface area contributed by atoms with Gasteiger partial charge in [-0.2, -0.15) is 0 Å². The van der Waals surface area contributed by atoms with Crippen molar-refractivity contribution >= 4 is 9.84 Å². The maximum absolute atomic E-state index is 12.0. The van der Waals surface area contributed by atoms with E-state index in [1.807, 2.05) is 31.2 Å². The summed E-state index contributed by atoms with van der Waals surface area (Å²) in [7, 11) is -3.14. The molecule has 0 heterocycles. The molecule has 0 aromatic heterocycles. The number of nitrogens with two attached hydrogens (primary N) is 1. The van der Waals surface area contributed by atoms with Gasteiger partial charge < -0.3 is 10.5 Å². The molecule has 4 nitrogen and oxygen atoms in total. The van der Waals surface area contributed by atoms with E-state index in [9.17, 15) is 8.42 Å². The first-order valence-corrected chi connectivity index (χ1v) is 8.47. The number of rotatable bonds is 6. The molecule has 0 aliphatic rings. The number of benzene rings is 1. The van der Waals surface area contributed by atoms with Crippen molar-refractivity contribution in [2.75, 3.05) is 12.4 Å². The van der Waals surface area contributed by atoms with Crippen molar-refractivity contribution in [3.05, 3.63) is 29.8 Å². The molecule has 0 radical (unpaired) electrons. The lowest BCUT2D eigenvalue weighted by atomic mass is 10.1. The summed E-state index contributed by atoms with van der Waals surface area (Å²) in [5, 5.41) is 0. The zero-order chi connectivity index (χ0) is 15.4. The second-order valence-corrected chi connectivity index (χ2v) is 8.97. The van der Waals surface area contributed by atoms with E-state index >= 15 is 0 Å². The fourth-order valence-corrected chi connectivity index (χ4v) is 2.62. The van der Waals surface area contributed by atoms with Crippen LogP contribution in [0.5, 0.6) is 5.75 Å². The maximum atomic E-state index is 12.0. The van der Waals surface area contributed by atoms with Gasteiger partial charge in [-0.25, -0.2) is 8.42 Å². The summed E-state index contributed by atoms with van der Waals surface area (Å²) in [6.45, 7) is 7.22. The molecule has 0 bridgehead atoms. The lowest BCUT2D eigenvalue weighted by Crippen LogP contribution is -2.32. The first-order valence-electron chi connectivity index (χ1n) is 6.81. The summed E-state index contributed by atoms with van der Waals surface area (Å²) in [5.41, 5.74) is 6.85. The Bertz CT molecular complexity index is 530. The SMILES string of the molecule is CC(N)Cc1cccc(OCCS(=O)(=O)C(C)(C)C)c1. The normalized spacial score (nSPS) is 14.1. The molecule has 0 spiro atoms. The molecule has 114 valence electrons. The van der Waals surface area contributed by atoms with Crippen molar-refractivity contribution in [1.82, 2.24) is 0 Å². The van der Waals surface area contributed by atoms with Crippen LogP contribution in [-0.4, -0.2) is 31.6 Å². The molecule has 1 unspecified atom stereocenters. The minimum Gasteiger partial charge on any atom is -0.493 e. The summed E-state index contributed by atoms with van der Waals surface area (Å²) >= 11 is 0. The van der Waals surface area contributed by atoms with Crippen molar-refractivity contribution in [1.29, 1.82) is 0 Å². The third-order valence-corrected chi connectivity index (χ3v) is 5.58. The third kappa shape index (κ3) is 5.13. The predicted octanol–water partition coefficient (Wildman–Crippen LogP) is 2.17. The largest absolute Gasteiger partial charge is 0.493 e. The van der Waals surface area contributed by atoms with Crippen molar-refractivity contribution < 1.29 is 13.2 Å². The number of hydrogen-bond acceptors (Lipinski definition) is 4. The maximum Gasteiger partial charge on any atom is 0.158 e. The third-order valence-electron chi connectivity index (χ3n) is 3.01. The van der Waals surface area contributed by atoms with Gasteiger partial charge in [0.2, 0.25) is 0 Å². The molecule has 0 aliphatic carbocycles. The second kappa shape index (κ2) is 6.59. The molecule has 1 aromatic rings. The van der Waals surface area contributed by atoms with E-state index in [0.29, 0.717) is 5.75 Å². The summed E-state index contributed by atoms with van der Waals surface area (Å²) in [5.74, 6) is 0.709. The van der Waals surface area contributed by atoms with E-state index in [1.165, 1.54) is 0 Å². The van der Waals surface area contributed by atoms with Gasteiger partial charge in [0.05, 0.1) is 10.5 Å². The Morgan fingerprint density at radius 3 is 2.50 bits per heavy atom. The van der Waals surface area contributed by atoms with Gasteiger partial charge in [0.25, 0.3) is 0 Å². The van der Waals surface area contributed by atoms with Crippen molar-refractivity contribution in [2.45, 2.75) is 44.9 Å². The molecular formula is C15H25NO3S. The molecule has 0 amide bonds. The minimum absolute atomic E-state index is 0.0218. The lowest BCUT2D eigenvalue weighted by molar-refractivity contribution is 0.339. The first kappa shape index (κ1) is 17.0. The van der Waals surface area contributed by atoms with Gasteiger partial charge in [0.1, 0.15) is 12.4 Å². The van der Waals surface area contributed by atoms with Crippen LogP contribution < -0.4 is 10.5 Å². The Balaban J connectivity index is 2.59. The Kier molecular flexibility index (Phi) is 5.59. The highest BCUT2D eigenvalue weighted by Crippen LogP contribution is 2.18. The summed E-state index contributed by atoms with van der Waals surface area (Å²) in [6.07, 6.45) is 0.775. The van der Waals surface area contributed by atoms with E-state index in [-0.39, 0.29) is 18.4 Å². The predicted molar refractivity (Wildman–Crippen MR) is 82.8 cm³/mol. The average molecular weight is 299 g/mol. The molecular weight excluding hydrogens is 274 g/mol. The summed E-state index contributed by atoms with van der Waals surface area (Å²) < 4.78 is 28.7.